The molecule has 6 heteroatoms. The van der Waals surface area contributed by atoms with E-state index in [4.69, 9.17) is 16.1 Å². The Bertz CT molecular complexity index is 566. The standard InChI is InChI=1S/C12H11ClFN3O/c13-8-4-3-7(6-9(8)14)11-16-12(18-17-11)10-2-1-5-15-10/h3-4,6,10,15H,1-2,5H2/t10-/m0/s1. The molecule has 0 radical (unpaired) electrons. The topological polar surface area (TPSA) is 51.0 Å². The third-order valence-corrected chi connectivity index (χ3v) is 3.28. The average molecular weight is 268 g/mol. The van der Waals surface area contributed by atoms with Crippen LogP contribution in [0.4, 0.5) is 4.39 Å². The van der Waals surface area contributed by atoms with Crippen molar-refractivity contribution in [3.05, 3.63) is 34.9 Å². The van der Waals surface area contributed by atoms with Gasteiger partial charge in [-0.1, -0.05) is 16.8 Å². The minimum absolute atomic E-state index is 0.0833. The van der Waals surface area contributed by atoms with Gasteiger partial charge >= 0.3 is 0 Å². The molecule has 4 nitrogen and oxygen atoms in total. The van der Waals surface area contributed by atoms with Crippen LogP contribution in [0.5, 0.6) is 0 Å². The molecule has 1 N–H and O–H groups in total. The van der Waals surface area contributed by atoms with Crippen molar-refractivity contribution in [3.8, 4) is 11.4 Å². The van der Waals surface area contributed by atoms with Crippen LogP contribution in [0.3, 0.4) is 0 Å². The fourth-order valence-corrected chi connectivity index (χ4v) is 2.14. The van der Waals surface area contributed by atoms with E-state index in [1.807, 2.05) is 0 Å². The molecule has 1 saturated heterocycles. The second kappa shape index (κ2) is 4.66. The summed E-state index contributed by atoms with van der Waals surface area (Å²) in [5.41, 5.74) is 0.560. The zero-order chi connectivity index (χ0) is 12.5. The monoisotopic (exact) mass is 267 g/mol. The number of nitrogens with one attached hydrogen (secondary N) is 1. The van der Waals surface area contributed by atoms with Crippen molar-refractivity contribution < 1.29 is 8.91 Å². The highest BCUT2D eigenvalue weighted by atomic mass is 35.5. The summed E-state index contributed by atoms with van der Waals surface area (Å²) >= 11 is 5.63. The maximum Gasteiger partial charge on any atom is 0.244 e. The zero-order valence-corrected chi connectivity index (χ0v) is 10.2. The van der Waals surface area contributed by atoms with Gasteiger partial charge in [-0.25, -0.2) is 4.39 Å². The summed E-state index contributed by atoms with van der Waals surface area (Å²) in [6.45, 7) is 0.956. The van der Waals surface area contributed by atoms with E-state index in [1.54, 1.807) is 6.07 Å². The van der Waals surface area contributed by atoms with Crippen molar-refractivity contribution in [2.24, 2.45) is 0 Å². The molecule has 1 aromatic carbocycles. The second-order valence-electron chi connectivity index (χ2n) is 4.23. The van der Waals surface area contributed by atoms with Gasteiger partial charge in [-0.15, -0.1) is 0 Å². The molecule has 2 aromatic rings. The van der Waals surface area contributed by atoms with Crippen LogP contribution in [0.1, 0.15) is 24.8 Å². The number of benzene rings is 1. The first-order chi connectivity index (χ1) is 8.74. The number of halogens is 2. The van der Waals surface area contributed by atoms with Crippen molar-refractivity contribution in [1.29, 1.82) is 0 Å². The molecule has 94 valence electrons. The maximum atomic E-state index is 13.3. The molecule has 0 bridgehead atoms. The highest BCUT2D eigenvalue weighted by molar-refractivity contribution is 6.30. The Morgan fingerprint density at radius 2 is 2.33 bits per heavy atom. The third-order valence-electron chi connectivity index (χ3n) is 2.98. The first-order valence-corrected chi connectivity index (χ1v) is 6.14. The Balaban J connectivity index is 1.89. The minimum atomic E-state index is -0.487. The van der Waals surface area contributed by atoms with Crippen LogP contribution in [0.15, 0.2) is 22.7 Å². The molecular weight excluding hydrogens is 257 g/mol. The smallest absolute Gasteiger partial charge is 0.244 e. The lowest BCUT2D eigenvalue weighted by atomic mass is 10.2. The summed E-state index contributed by atoms with van der Waals surface area (Å²) < 4.78 is 18.5. The van der Waals surface area contributed by atoms with E-state index in [0.717, 1.165) is 19.4 Å². The molecule has 3 rings (SSSR count). The normalized spacial score (nSPS) is 19.3. The Morgan fingerprint density at radius 1 is 1.44 bits per heavy atom. The van der Waals surface area contributed by atoms with Gasteiger partial charge < -0.3 is 9.84 Å². The summed E-state index contributed by atoms with van der Waals surface area (Å²) in [7, 11) is 0. The SMILES string of the molecule is Fc1cc(-c2noc([C@@H]3CCCN3)n2)ccc1Cl. The molecule has 0 aliphatic carbocycles. The Kier molecular flexibility index (Phi) is 3.01. The van der Waals surface area contributed by atoms with Gasteiger partial charge in [0.2, 0.25) is 11.7 Å². The van der Waals surface area contributed by atoms with Gasteiger partial charge in [0.25, 0.3) is 0 Å². The van der Waals surface area contributed by atoms with Gasteiger partial charge in [-0.3, -0.25) is 0 Å². The highest BCUT2D eigenvalue weighted by Gasteiger charge is 2.22. The molecule has 0 unspecified atom stereocenters. The van der Waals surface area contributed by atoms with Gasteiger partial charge in [-0.05, 0) is 37.6 Å². The van der Waals surface area contributed by atoms with Crippen LogP contribution in [-0.4, -0.2) is 16.7 Å². The molecule has 0 spiro atoms. The Hall–Kier alpha value is -1.46. The number of hydrogen-bond donors (Lipinski definition) is 1. The van der Waals surface area contributed by atoms with Gasteiger partial charge in [0, 0.05) is 5.56 Å². The van der Waals surface area contributed by atoms with E-state index in [9.17, 15) is 4.39 Å². The second-order valence-corrected chi connectivity index (χ2v) is 4.64. The summed E-state index contributed by atoms with van der Waals surface area (Å²) in [6.07, 6.45) is 2.08. The molecule has 2 heterocycles. The quantitative estimate of drug-likeness (QED) is 0.909. The predicted octanol–water partition coefficient (Wildman–Crippen LogP) is 2.95. The van der Waals surface area contributed by atoms with E-state index in [2.05, 4.69) is 15.5 Å². The minimum Gasteiger partial charge on any atom is -0.337 e. The number of hydrogen-bond acceptors (Lipinski definition) is 4. The highest BCUT2D eigenvalue weighted by Crippen LogP contribution is 2.26. The number of nitrogens with zero attached hydrogens (tertiary/aromatic N) is 2. The fourth-order valence-electron chi connectivity index (χ4n) is 2.02. The third kappa shape index (κ3) is 2.11. The first-order valence-electron chi connectivity index (χ1n) is 5.76. The molecule has 18 heavy (non-hydrogen) atoms. The lowest BCUT2D eigenvalue weighted by Gasteiger charge is -2.01. The van der Waals surface area contributed by atoms with E-state index < -0.39 is 5.82 Å². The molecule has 0 saturated carbocycles. The lowest BCUT2D eigenvalue weighted by molar-refractivity contribution is 0.345. The molecule has 1 aliphatic heterocycles. The summed E-state index contributed by atoms with van der Waals surface area (Å²) in [6, 6.07) is 4.57. The van der Waals surface area contributed by atoms with E-state index in [1.165, 1.54) is 12.1 Å². The van der Waals surface area contributed by atoms with Crippen LogP contribution >= 0.6 is 11.6 Å². The van der Waals surface area contributed by atoms with Crippen LogP contribution in [0.25, 0.3) is 11.4 Å². The molecule has 1 atom stereocenters. The van der Waals surface area contributed by atoms with E-state index >= 15 is 0 Å². The molecule has 1 fully saturated rings. The molecule has 0 amide bonds. The average Bonchev–Trinajstić information content (AvgIpc) is 3.01. The Labute approximate surface area is 108 Å². The van der Waals surface area contributed by atoms with E-state index in [-0.39, 0.29) is 11.1 Å². The predicted molar refractivity (Wildman–Crippen MR) is 64.7 cm³/mol. The van der Waals surface area contributed by atoms with Crippen molar-refractivity contribution in [2.75, 3.05) is 6.54 Å². The van der Waals surface area contributed by atoms with Gasteiger partial charge in [0.05, 0.1) is 11.1 Å². The largest absolute Gasteiger partial charge is 0.337 e. The summed E-state index contributed by atoms with van der Waals surface area (Å²) in [5.74, 6) is 0.451. The van der Waals surface area contributed by atoms with E-state index in [0.29, 0.717) is 17.3 Å². The first kappa shape index (κ1) is 11.6. The molecule has 1 aromatic heterocycles. The van der Waals surface area contributed by atoms with Crippen LogP contribution in [0, 0.1) is 5.82 Å². The number of aromatic nitrogens is 2. The van der Waals surface area contributed by atoms with Crippen LogP contribution in [-0.2, 0) is 0 Å². The van der Waals surface area contributed by atoms with Crippen LogP contribution < -0.4 is 5.32 Å². The zero-order valence-electron chi connectivity index (χ0n) is 9.49. The van der Waals surface area contributed by atoms with Crippen molar-refractivity contribution in [3.63, 3.8) is 0 Å². The van der Waals surface area contributed by atoms with Crippen molar-refractivity contribution in [1.82, 2.24) is 15.5 Å². The van der Waals surface area contributed by atoms with Gasteiger partial charge in [0.1, 0.15) is 5.82 Å². The van der Waals surface area contributed by atoms with Crippen molar-refractivity contribution in [2.45, 2.75) is 18.9 Å². The lowest BCUT2D eigenvalue weighted by Crippen LogP contribution is -2.12. The fraction of sp³-hybridized carbons (Fsp3) is 0.333. The van der Waals surface area contributed by atoms with Crippen LogP contribution in [0.2, 0.25) is 5.02 Å². The van der Waals surface area contributed by atoms with Gasteiger partial charge in [0.15, 0.2) is 0 Å². The van der Waals surface area contributed by atoms with Gasteiger partial charge in [-0.2, -0.15) is 4.98 Å². The summed E-state index contributed by atoms with van der Waals surface area (Å²) in [5, 5.41) is 7.22. The molecular formula is C12H11ClFN3O. The number of rotatable bonds is 2. The van der Waals surface area contributed by atoms with Crippen molar-refractivity contribution >= 4 is 11.6 Å². The summed E-state index contributed by atoms with van der Waals surface area (Å²) in [4.78, 5) is 4.28. The Morgan fingerprint density at radius 3 is 3.06 bits per heavy atom. The maximum absolute atomic E-state index is 13.3. The molecule has 1 aliphatic rings.